The molecule has 2 N–H and O–H groups in total. The van der Waals surface area contributed by atoms with E-state index in [9.17, 15) is 4.79 Å². The van der Waals surface area contributed by atoms with E-state index in [1.54, 1.807) is 12.2 Å². The summed E-state index contributed by atoms with van der Waals surface area (Å²) in [5.74, 6) is 0. The topological polar surface area (TPSA) is 43.1 Å². The molecule has 0 fully saturated rings. The Bertz CT molecular complexity index is 178. The maximum Gasteiger partial charge on any atom is 0.142 e. The second-order valence-electron chi connectivity index (χ2n) is 1.69. The Balaban J connectivity index is 3.93. The van der Waals surface area contributed by atoms with Crippen molar-refractivity contribution in [3.05, 3.63) is 36.1 Å². The highest BCUT2D eigenvalue weighted by atomic mass is 16.1. The van der Waals surface area contributed by atoms with Crippen LogP contribution in [0.25, 0.3) is 0 Å². The van der Waals surface area contributed by atoms with Crippen molar-refractivity contribution in [2.75, 3.05) is 0 Å². The Labute approximate surface area is 60.7 Å². The first-order valence-electron chi connectivity index (χ1n) is 3.01. The van der Waals surface area contributed by atoms with Gasteiger partial charge in [-0.15, -0.1) is 0 Å². The lowest BCUT2D eigenvalue weighted by molar-refractivity contribution is -0.104. The molecular weight excluding hydrogens is 126 g/mol. The van der Waals surface area contributed by atoms with E-state index < -0.39 is 0 Å². The van der Waals surface area contributed by atoms with Crippen LogP contribution in [0.15, 0.2) is 36.1 Å². The zero-order valence-electron chi connectivity index (χ0n) is 5.95. The SMILES string of the molecule is C\C=C/C=C(N)\C=C/C=O. The lowest BCUT2D eigenvalue weighted by atomic mass is 10.3. The number of allylic oxidation sites excluding steroid dienone is 5. The fraction of sp³-hybridized carbons (Fsp3) is 0.125. The Morgan fingerprint density at radius 2 is 2.10 bits per heavy atom. The van der Waals surface area contributed by atoms with Gasteiger partial charge in [-0.05, 0) is 25.2 Å². The Morgan fingerprint density at radius 3 is 2.60 bits per heavy atom. The van der Waals surface area contributed by atoms with Crippen molar-refractivity contribution in [1.82, 2.24) is 0 Å². The monoisotopic (exact) mass is 137 g/mol. The van der Waals surface area contributed by atoms with Gasteiger partial charge >= 0.3 is 0 Å². The molecule has 0 unspecified atom stereocenters. The van der Waals surface area contributed by atoms with Crippen LogP contribution in [0.1, 0.15) is 6.92 Å². The Morgan fingerprint density at radius 1 is 1.40 bits per heavy atom. The standard InChI is InChI=1S/C8H11NO/c1-2-3-5-8(9)6-4-7-10/h2-7H,9H2,1H3/b3-2-,6-4-,8-5+. The first kappa shape index (κ1) is 8.69. The highest BCUT2D eigenvalue weighted by Crippen LogP contribution is 1.86. The van der Waals surface area contributed by atoms with Gasteiger partial charge in [-0.2, -0.15) is 0 Å². The van der Waals surface area contributed by atoms with Crippen LogP contribution >= 0.6 is 0 Å². The second-order valence-corrected chi connectivity index (χ2v) is 1.69. The van der Waals surface area contributed by atoms with Crippen molar-refractivity contribution in [1.29, 1.82) is 0 Å². The first-order valence-corrected chi connectivity index (χ1v) is 3.01. The first-order chi connectivity index (χ1) is 4.81. The van der Waals surface area contributed by atoms with Crippen LogP contribution in [0, 0.1) is 0 Å². The van der Waals surface area contributed by atoms with E-state index >= 15 is 0 Å². The van der Waals surface area contributed by atoms with Gasteiger partial charge in [-0.3, -0.25) is 4.79 Å². The molecule has 0 aliphatic heterocycles. The molecule has 0 amide bonds. The second kappa shape index (κ2) is 5.82. The van der Waals surface area contributed by atoms with Crippen LogP contribution in [0.4, 0.5) is 0 Å². The number of hydrogen-bond acceptors (Lipinski definition) is 2. The van der Waals surface area contributed by atoms with Gasteiger partial charge in [0.1, 0.15) is 6.29 Å². The molecule has 0 aliphatic carbocycles. The van der Waals surface area contributed by atoms with Gasteiger partial charge in [0.05, 0.1) is 0 Å². The molecule has 10 heavy (non-hydrogen) atoms. The van der Waals surface area contributed by atoms with Gasteiger partial charge in [-0.25, -0.2) is 0 Å². The van der Waals surface area contributed by atoms with Gasteiger partial charge in [0.2, 0.25) is 0 Å². The van der Waals surface area contributed by atoms with Crippen LogP contribution in [-0.4, -0.2) is 6.29 Å². The van der Waals surface area contributed by atoms with E-state index in [0.29, 0.717) is 12.0 Å². The van der Waals surface area contributed by atoms with Crippen molar-refractivity contribution >= 4 is 6.29 Å². The quantitative estimate of drug-likeness (QED) is 0.360. The van der Waals surface area contributed by atoms with Crippen molar-refractivity contribution in [3.8, 4) is 0 Å². The Hall–Kier alpha value is -1.31. The molecular formula is C8H11NO. The van der Waals surface area contributed by atoms with Crippen LogP contribution < -0.4 is 5.73 Å². The third kappa shape index (κ3) is 4.84. The molecule has 0 saturated heterocycles. The van der Waals surface area contributed by atoms with E-state index in [0.717, 1.165) is 0 Å². The largest absolute Gasteiger partial charge is 0.399 e. The van der Waals surface area contributed by atoms with E-state index in [4.69, 9.17) is 5.73 Å². The number of hydrogen-bond donors (Lipinski definition) is 1. The molecule has 0 saturated carbocycles. The zero-order chi connectivity index (χ0) is 7.82. The highest BCUT2D eigenvalue weighted by Gasteiger charge is 1.75. The van der Waals surface area contributed by atoms with E-state index in [1.165, 1.54) is 6.08 Å². The van der Waals surface area contributed by atoms with E-state index in [2.05, 4.69) is 0 Å². The number of aldehydes is 1. The molecule has 0 radical (unpaired) electrons. The fourth-order valence-electron chi connectivity index (χ4n) is 0.413. The van der Waals surface area contributed by atoms with Gasteiger partial charge in [0.15, 0.2) is 0 Å². The predicted octanol–water partition coefficient (Wildman–Crippen LogP) is 1.16. The third-order valence-corrected chi connectivity index (χ3v) is 0.848. The maximum atomic E-state index is 9.80. The summed E-state index contributed by atoms with van der Waals surface area (Å²) in [5, 5.41) is 0. The summed E-state index contributed by atoms with van der Waals surface area (Å²) in [5.41, 5.74) is 5.98. The number of carbonyl (C=O) groups excluding carboxylic acids is 1. The van der Waals surface area contributed by atoms with Crippen LogP contribution in [0.5, 0.6) is 0 Å². The smallest absolute Gasteiger partial charge is 0.142 e. The van der Waals surface area contributed by atoms with Crippen molar-refractivity contribution in [2.24, 2.45) is 5.73 Å². The number of carbonyl (C=O) groups is 1. The van der Waals surface area contributed by atoms with Crippen LogP contribution in [0.3, 0.4) is 0 Å². The Kier molecular flexibility index (Phi) is 5.06. The van der Waals surface area contributed by atoms with Crippen molar-refractivity contribution in [2.45, 2.75) is 6.92 Å². The molecule has 2 heteroatoms. The minimum absolute atomic E-state index is 0.574. The lowest BCUT2D eigenvalue weighted by Gasteiger charge is -1.84. The summed E-state index contributed by atoms with van der Waals surface area (Å²) in [6, 6.07) is 0. The molecule has 0 aromatic rings. The van der Waals surface area contributed by atoms with Gasteiger partial charge < -0.3 is 5.73 Å². The molecule has 0 atom stereocenters. The fourth-order valence-corrected chi connectivity index (χ4v) is 0.413. The van der Waals surface area contributed by atoms with Crippen LogP contribution in [0.2, 0.25) is 0 Å². The summed E-state index contributed by atoms with van der Waals surface area (Å²) in [4.78, 5) is 9.80. The molecule has 0 aromatic heterocycles. The molecule has 0 bridgehead atoms. The van der Waals surface area contributed by atoms with Crippen molar-refractivity contribution < 1.29 is 4.79 Å². The predicted molar refractivity (Wildman–Crippen MR) is 42.3 cm³/mol. The summed E-state index contributed by atoms with van der Waals surface area (Å²) in [6.07, 6.45) is 8.99. The minimum Gasteiger partial charge on any atom is -0.399 e. The minimum atomic E-state index is 0.574. The summed E-state index contributed by atoms with van der Waals surface area (Å²) < 4.78 is 0. The molecule has 0 aliphatic rings. The molecule has 0 spiro atoms. The van der Waals surface area contributed by atoms with E-state index in [1.807, 2.05) is 19.1 Å². The summed E-state index contributed by atoms with van der Waals surface area (Å²) in [6.45, 7) is 1.90. The number of nitrogens with two attached hydrogens (primary N) is 1. The summed E-state index contributed by atoms with van der Waals surface area (Å²) in [7, 11) is 0. The molecule has 2 nitrogen and oxygen atoms in total. The average molecular weight is 137 g/mol. The average Bonchev–Trinajstić information content (AvgIpc) is 1.97. The molecule has 54 valence electrons. The molecule has 0 aromatic carbocycles. The van der Waals surface area contributed by atoms with E-state index in [-0.39, 0.29) is 0 Å². The maximum absolute atomic E-state index is 9.80. The summed E-state index contributed by atoms with van der Waals surface area (Å²) >= 11 is 0. The highest BCUT2D eigenvalue weighted by molar-refractivity contribution is 5.65. The normalized spacial score (nSPS) is 13.1. The van der Waals surface area contributed by atoms with Gasteiger partial charge in [0.25, 0.3) is 0 Å². The third-order valence-electron chi connectivity index (χ3n) is 0.848. The molecule has 0 rings (SSSR count). The van der Waals surface area contributed by atoms with Crippen LogP contribution in [-0.2, 0) is 4.79 Å². The van der Waals surface area contributed by atoms with Gasteiger partial charge in [-0.1, -0.05) is 12.2 Å². The number of rotatable bonds is 3. The molecule has 0 heterocycles. The van der Waals surface area contributed by atoms with Crippen molar-refractivity contribution in [3.63, 3.8) is 0 Å². The van der Waals surface area contributed by atoms with Gasteiger partial charge in [0, 0.05) is 5.70 Å². The zero-order valence-corrected chi connectivity index (χ0v) is 5.95. The lowest BCUT2D eigenvalue weighted by Crippen LogP contribution is -1.90.